The zero-order valence-corrected chi connectivity index (χ0v) is 9.42. The van der Waals surface area contributed by atoms with Gasteiger partial charge in [0.05, 0.1) is 0 Å². The van der Waals surface area contributed by atoms with E-state index >= 15 is 0 Å². The monoisotopic (exact) mass is 197 g/mol. The van der Waals surface area contributed by atoms with Gasteiger partial charge in [0.1, 0.15) is 5.84 Å². The second kappa shape index (κ2) is 6.02. The lowest BCUT2D eigenvalue weighted by Gasteiger charge is -2.17. The molecular weight excluding hydrogens is 174 g/mol. The predicted molar refractivity (Wildman–Crippen MR) is 61.1 cm³/mol. The summed E-state index contributed by atoms with van der Waals surface area (Å²) in [7, 11) is 0. The molecule has 14 heavy (non-hydrogen) atoms. The van der Waals surface area contributed by atoms with Crippen LogP contribution in [0.4, 0.5) is 0 Å². The summed E-state index contributed by atoms with van der Waals surface area (Å²) >= 11 is 0. The van der Waals surface area contributed by atoms with Gasteiger partial charge in [0.25, 0.3) is 0 Å². The summed E-state index contributed by atoms with van der Waals surface area (Å²) in [6.07, 6.45) is 7.88. The lowest BCUT2D eigenvalue weighted by atomic mass is 9.99. The van der Waals surface area contributed by atoms with Crippen LogP contribution >= 0.6 is 0 Å². The third-order valence-corrected chi connectivity index (χ3v) is 2.79. The van der Waals surface area contributed by atoms with Gasteiger partial charge in [-0.2, -0.15) is 0 Å². The van der Waals surface area contributed by atoms with Gasteiger partial charge in [0.15, 0.2) is 0 Å². The van der Waals surface area contributed by atoms with E-state index in [2.05, 4.69) is 24.3 Å². The predicted octanol–water partition coefficient (Wildman–Crippen LogP) is 2.23. The first kappa shape index (κ1) is 11.5. The first-order chi connectivity index (χ1) is 6.74. The highest BCUT2D eigenvalue weighted by Crippen LogP contribution is 2.23. The maximum Gasteiger partial charge on any atom is 0.114 e. The molecule has 0 aromatic carbocycles. The number of hydrogen-bond donors (Lipinski definition) is 2. The average molecular weight is 197 g/mol. The van der Waals surface area contributed by atoms with E-state index in [0.717, 1.165) is 5.84 Å². The van der Waals surface area contributed by atoms with E-state index in [9.17, 15) is 0 Å². The number of hydrogen-bond acceptors (Lipinski definition) is 2. The van der Waals surface area contributed by atoms with Crippen molar-refractivity contribution in [1.82, 2.24) is 5.43 Å². The van der Waals surface area contributed by atoms with Crippen molar-refractivity contribution in [3.8, 4) is 0 Å². The molecule has 1 rings (SSSR count). The van der Waals surface area contributed by atoms with E-state index in [-0.39, 0.29) is 0 Å². The van der Waals surface area contributed by atoms with Gasteiger partial charge in [-0.25, -0.2) is 5.84 Å². The molecule has 3 N–H and O–H groups in total. The summed E-state index contributed by atoms with van der Waals surface area (Å²) in [5, 5.41) is 0. The Balaban J connectivity index is 2.57. The van der Waals surface area contributed by atoms with Crippen LogP contribution < -0.4 is 11.3 Å². The molecule has 0 radical (unpaired) electrons. The number of amidine groups is 1. The van der Waals surface area contributed by atoms with Gasteiger partial charge in [-0.3, -0.25) is 4.99 Å². The molecular formula is C11H23N3. The zero-order valence-electron chi connectivity index (χ0n) is 9.42. The lowest BCUT2D eigenvalue weighted by molar-refractivity contribution is 0.568. The van der Waals surface area contributed by atoms with Gasteiger partial charge in [-0.15, -0.1) is 0 Å². The fraction of sp³-hybridized carbons (Fsp3) is 0.909. The molecule has 1 aliphatic carbocycles. The number of aliphatic imine (C=N–C) groups is 1. The van der Waals surface area contributed by atoms with Crippen LogP contribution in [0.5, 0.6) is 0 Å². The average Bonchev–Trinajstić information content (AvgIpc) is 2.41. The second-order valence-electron chi connectivity index (χ2n) is 4.44. The Hall–Kier alpha value is -0.570. The molecule has 1 fully saturated rings. The van der Waals surface area contributed by atoms with E-state index in [1.54, 1.807) is 0 Å². The molecule has 0 heterocycles. The quantitative estimate of drug-likeness (QED) is 0.234. The first-order valence-corrected chi connectivity index (χ1v) is 5.78. The van der Waals surface area contributed by atoms with Crippen molar-refractivity contribution in [3.05, 3.63) is 0 Å². The van der Waals surface area contributed by atoms with E-state index in [4.69, 9.17) is 5.84 Å². The van der Waals surface area contributed by atoms with Crippen molar-refractivity contribution in [2.75, 3.05) is 0 Å². The lowest BCUT2D eigenvalue weighted by Crippen LogP contribution is -2.36. The standard InChI is InChI=1S/C11H23N3/c1-9(2)13-11(14-12)10-7-5-3-4-6-8-10/h9-10H,3-8,12H2,1-2H3,(H,13,14). The van der Waals surface area contributed by atoms with Gasteiger partial charge >= 0.3 is 0 Å². The zero-order chi connectivity index (χ0) is 10.4. The minimum atomic E-state index is 0.337. The molecule has 82 valence electrons. The highest BCUT2D eigenvalue weighted by atomic mass is 15.3. The number of nitrogens with zero attached hydrogens (tertiary/aromatic N) is 1. The van der Waals surface area contributed by atoms with Crippen LogP contribution in [-0.4, -0.2) is 11.9 Å². The Labute approximate surface area is 87.1 Å². The van der Waals surface area contributed by atoms with Gasteiger partial charge in [-0.05, 0) is 26.7 Å². The molecule has 0 aromatic heterocycles. The molecule has 0 saturated heterocycles. The smallest absolute Gasteiger partial charge is 0.114 e. The van der Waals surface area contributed by atoms with Crippen molar-refractivity contribution in [1.29, 1.82) is 0 Å². The summed E-state index contributed by atoms with van der Waals surface area (Å²) in [4.78, 5) is 4.54. The normalized spacial score (nSPS) is 21.0. The van der Waals surface area contributed by atoms with Crippen molar-refractivity contribution in [2.24, 2.45) is 16.8 Å². The van der Waals surface area contributed by atoms with E-state index in [1.807, 2.05) is 0 Å². The Morgan fingerprint density at radius 1 is 1.21 bits per heavy atom. The van der Waals surface area contributed by atoms with Crippen LogP contribution in [-0.2, 0) is 0 Å². The second-order valence-corrected chi connectivity index (χ2v) is 4.44. The summed E-state index contributed by atoms with van der Waals surface area (Å²) in [6, 6.07) is 0.337. The molecule has 0 spiro atoms. The molecule has 3 heteroatoms. The number of rotatable bonds is 2. The SMILES string of the molecule is CC(C)N=C(NN)C1CCCCCC1. The third kappa shape index (κ3) is 3.66. The van der Waals surface area contributed by atoms with E-state index in [1.165, 1.54) is 38.5 Å². The molecule has 0 aliphatic heterocycles. The molecule has 0 bridgehead atoms. The van der Waals surface area contributed by atoms with Gasteiger partial charge in [0, 0.05) is 12.0 Å². The molecule has 0 aromatic rings. The van der Waals surface area contributed by atoms with Crippen LogP contribution in [0.1, 0.15) is 52.4 Å². The third-order valence-electron chi connectivity index (χ3n) is 2.79. The molecule has 1 aliphatic rings. The Morgan fingerprint density at radius 2 is 1.79 bits per heavy atom. The highest BCUT2D eigenvalue weighted by Gasteiger charge is 2.17. The fourth-order valence-electron chi connectivity index (χ4n) is 2.09. The van der Waals surface area contributed by atoms with Gasteiger partial charge < -0.3 is 5.43 Å². The van der Waals surface area contributed by atoms with Gasteiger partial charge in [0.2, 0.25) is 0 Å². The molecule has 0 atom stereocenters. The molecule has 0 amide bonds. The maximum absolute atomic E-state index is 5.52. The van der Waals surface area contributed by atoms with E-state index in [0.29, 0.717) is 12.0 Å². The van der Waals surface area contributed by atoms with Crippen LogP contribution in [0.2, 0.25) is 0 Å². The largest absolute Gasteiger partial charge is 0.312 e. The van der Waals surface area contributed by atoms with E-state index < -0.39 is 0 Å². The first-order valence-electron chi connectivity index (χ1n) is 5.78. The summed E-state index contributed by atoms with van der Waals surface area (Å²) in [6.45, 7) is 4.18. The Morgan fingerprint density at radius 3 is 2.21 bits per heavy atom. The summed E-state index contributed by atoms with van der Waals surface area (Å²) < 4.78 is 0. The van der Waals surface area contributed by atoms with Crippen LogP contribution in [0.15, 0.2) is 4.99 Å². The number of nitrogens with one attached hydrogen (secondary N) is 1. The summed E-state index contributed by atoms with van der Waals surface area (Å²) in [5.41, 5.74) is 2.78. The molecule has 3 nitrogen and oxygen atoms in total. The molecule has 0 unspecified atom stereocenters. The summed E-state index contributed by atoms with van der Waals surface area (Å²) in [5.74, 6) is 7.11. The minimum absolute atomic E-state index is 0.337. The van der Waals surface area contributed by atoms with Crippen molar-refractivity contribution in [3.63, 3.8) is 0 Å². The van der Waals surface area contributed by atoms with Crippen LogP contribution in [0, 0.1) is 5.92 Å². The highest BCUT2D eigenvalue weighted by molar-refractivity contribution is 5.84. The molecule has 1 saturated carbocycles. The van der Waals surface area contributed by atoms with Crippen LogP contribution in [0.3, 0.4) is 0 Å². The Kier molecular flexibility index (Phi) is 4.94. The van der Waals surface area contributed by atoms with Crippen LogP contribution in [0.25, 0.3) is 0 Å². The number of hydrazine groups is 1. The maximum atomic E-state index is 5.52. The van der Waals surface area contributed by atoms with Crippen molar-refractivity contribution >= 4 is 5.84 Å². The number of nitrogens with two attached hydrogens (primary N) is 1. The topological polar surface area (TPSA) is 50.4 Å². The van der Waals surface area contributed by atoms with Crippen molar-refractivity contribution in [2.45, 2.75) is 58.4 Å². The van der Waals surface area contributed by atoms with Gasteiger partial charge in [-0.1, -0.05) is 25.7 Å². The fourth-order valence-corrected chi connectivity index (χ4v) is 2.09. The Bertz CT molecular complexity index is 179. The minimum Gasteiger partial charge on any atom is -0.312 e. The van der Waals surface area contributed by atoms with Crippen molar-refractivity contribution < 1.29 is 0 Å².